The SMILES string of the molecule is CC[C@H](C)[C@@H]([C@@H](CC(=O)N1CCC[C@H]1[C@H](OC)[C@@H](C)C(=O)NCCc1ccc(C(C)=O)cc1)OC)N(C)C(=O)[C@@H](CC(=O)[C@H](C(C)C)N(C)C)C(C)C. The minimum atomic E-state index is -0.576. The van der Waals surface area contributed by atoms with Crippen molar-refractivity contribution in [2.45, 2.75) is 124 Å². The van der Waals surface area contributed by atoms with Gasteiger partial charge in [-0.3, -0.25) is 28.9 Å². The first-order valence-corrected chi connectivity index (χ1v) is 19.6. The molecule has 1 saturated heterocycles. The monoisotopic (exact) mass is 743 g/mol. The van der Waals surface area contributed by atoms with Crippen LogP contribution in [0.3, 0.4) is 0 Å². The fraction of sp³-hybridized carbons (Fsp3) is 0.738. The quantitative estimate of drug-likeness (QED) is 0.159. The molecule has 0 saturated carbocycles. The highest BCUT2D eigenvalue weighted by molar-refractivity contribution is 5.94. The zero-order valence-corrected chi connectivity index (χ0v) is 34.9. The molecule has 11 nitrogen and oxygen atoms in total. The Morgan fingerprint density at radius 1 is 0.906 bits per heavy atom. The first-order chi connectivity index (χ1) is 24.9. The molecular weight excluding hydrogens is 672 g/mol. The highest BCUT2D eigenvalue weighted by atomic mass is 16.5. The summed E-state index contributed by atoms with van der Waals surface area (Å²) in [5.74, 6) is -1.22. The number of Topliss-reactive ketones (excluding diaryl/α,β-unsaturated/α-hetero) is 2. The number of ketones is 2. The summed E-state index contributed by atoms with van der Waals surface area (Å²) in [6.07, 6.45) is 2.04. The zero-order valence-electron chi connectivity index (χ0n) is 34.9. The van der Waals surface area contributed by atoms with E-state index in [-0.39, 0.29) is 72.0 Å². The second-order valence-electron chi connectivity index (χ2n) is 16.1. The van der Waals surface area contributed by atoms with E-state index in [0.29, 0.717) is 31.5 Å². The van der Waals surface area contributed by atoms with Crippen LogP contribution in [0, 0.1) is 29.6 Å². The van der Waals surface area contributed by atoms with Gasteiger partial charge in [0.05, 0.1) is 42.7 Å². The van der Waals surface area contributed by atoms with Crippen LogP contribution in [0.15, 0.2) is 24.3 Å². The van der Waals surface area contributed by atoms with Gasteiger partial charge in [0.1, 0.15) is 0 Å². The Hall–Kier alpha value is -3.15. The van der Waals surface area contributed by atoms with Crippen LogP contribution in [-0.4, -0.2) is 123 Å². The fourth-order valence-electron chi connectivity index (χ4n) is 8.17. The molecular formula is C42H70N4O7. The van der Waals surface area contributed by atoms with Crippen LogP contribution in [0.4, 0.5) is 0 Å². The number of carbonyl (C=O) groups is 5. The van der Waals surface area contributed by atoms with E-state index < -0.39 is 30.1 Å². The molecule has 0 aliphatic carbocycles. The number of methoxy groups -OCH3 is 2. The molecule has 3 amide bonds. The summed E-state index contributed by atoms with van der Waals surface area (Å²) in [7, 11) is 8.75. The lowest BCUT2D eigenvalue weighted by Gasteiger charge is -2.41. The number of hydrogen-bond donors (Lipinski definition) is 1. The highest BCUT2D eigenvalue weighted by Gasteiger charge is 2.43. The number of ether oxygens (including phenoxy) is 2. The normalized spacial score (nSPS) is 18.7. The molecule has 0 aromatic heterocycles. The third-order valence-corrected chi connectivity index (χ3v) is 11.4. The van der Waals surface area contributed by atoms with E-state index in [9.17, 15) is 24.0 Å². The molecule has 1 aromatic carbocycles. The second kappa shape index (κ2) is 21.7. The number of likely N-dealkylation sites (tertiary alicyclic amines) is 1. The largest absolute Gasteiger partial charge is 0.379 e. The third-order valence-electron chi connectivity index (χ3n) is 11.4. The Balaban J connectivity index is 2.19. The van der Waals surface area contributed by atoms with Crippen molar-refractivity contribution in [3.63, 3.8) is 0 Å². The van der Waals surface area contributed by atoms with Crippen molar-refractivity contribution in [2.75, 3.05) is 48.5 Å². The Morgan fingerprint density at radius 3 is 2.02 bits per heavy atom. The fourth-order valence-corrected chi connectivity index (χ4v) is 8.17. The van der Waals surface area contributed by atoms with Crippen LogP contribution in [0.5, 0.6) is 0 Å². The number of nitrogens with zero attached hydrogens (tertiary/aromatic N) is 3. The first-order valence-electron chi connectivity index (χ1n) is 19.6. The molecule has 1 aliphatic rings. The molecule has 300 valence electrons. The zero-order chi connectivity index (χ0) is 40.2. The van der Waals surface area contributed by atoms with Gasteiger partial charge in [-0.2, -0.15) is 0 Å². The molecule has 0 unspecified atom stereocenters. The minimum absolute atomic E-state index is 0.0132. The van der Waals surface area contributed by atoms with Gasteiger partial charge in [-0.25, -0.2) is 0 Å². The number of amides is 3. The molecule has 11 heteroatoms. The number of likely N-dealkylation sites (N-methyl/N-ethyl adjacent to an activating group) is 2. The summed E-state index contributed by atoms with van der Waals surface area (Å²) in [5, 5.41) is 3.02. The molecule has 0 radical (unpaired) electrons. The highest BCUT2D eigenvalue weighted by Crippen LogP contribution is 2.31. The predicted octanol–water partition coefficient (Wildman–Crippen LogP) is 5.29. The maximum Gasteiger partial charge on any atom is 0.226 e. The van der Waals surface area contributed by atoms with Crippen LogP contribution in [-0.2, 0) is 35.1 Å². The van der Waals surface area contributed by atoms with Crippen molar-refractivity contribution in [3.05, 3.63) is 35.4 Å². The third kappa shape index (κ3) is 12.4. The van der Waals surface area contributed by atoms with Gasteiger partial charge in [0.25, 0.3) is 0 Å². The van der Waals surface area contributed by atoms with Gasteiger partial charge in [0, 0.05) is 52.3 Å². The van der Waals surface area contributed by atoms with Crippen LogP contribution >= 0.6 is 0 Å². The topological polar surface area (TPSA) is 126 Å². The smallest absolute Gasteiger partial charge is 0.226 e. The molecule has 1 aromatic rings. The van der Waals surface area contributed by atoms with Crippen molar-refractivity contribution < 1.29 is 33.4 Å². The van der Waals surface area contributed by atoms with Gasteiger partial charge in [-0.1, -0.05) is 79.2 Å². The standard InChI is InChI=1S/C42H70N4O7/c1-14-28(6)39(45(11)42(51)33(26(2)3)24-35(48)38(27(4)5)44(9)10)36(52-12)25-37(49)46-23-15-16-34(46)40(53-13)29(7)41(50)43-22-21-31-17-19-32(20-18-31)30(8)47/h17-20,26-29,33-34,36,38-40H,14-16,21-25H2,1-13H3,(H,43,50)/t28-,29+,33-,34-,36+,38-,39-,40+/m0/s1. The molecule has 2 rings (SSSR count). The number of nitrogens with one attached hydrogen (secondary N) is 1. The van der Waals surface area contributed by atoms with E-state index in [1.54, 1.807) is 38.3 Å². The molecule has 8 atom stereocenters. The lowest BCUT2D eigenvalue weighted by molar-refractivity contribution is -0.149. The molecule has 0 spiro atoms. The Morgan fingerprint density at radius 2 is 1.53 bits per heavy atom. The average molecular weight is 743 g/mol. The van der Waals surface area contributed by atoms with E-state index in [0.717, 1.165) is 18.4 Å². The van der Waals surface area contributed by atoms with Crippen LogP contribution in [0.1, 0.15) is 103 Å². The van der Waals surface area contributed by atoms with Crippen LogP contribution in [0.2, 0.25) is 0 Å². The Bertz CT molecular complexity index is 1340. The lowest BCUT2D eigenvalue weighted by Crippen LogP contribution is -2.54. The van der Waals surface area contributed by atoms with Gasteiger partial charge in [-0.05, 0) is 63.6 Å². The summed E-state index contributed by atoms with van der Waals surface area (Å²) in [5.41, 5.74) is 1.67. The predicted molar refractivity (Wildman–Crippen MR) is 210 cm³/mol. The summed E-state index contributed by atoms with van der Waals surface area (Å²) in [4.78, 5) is 72.3. The minimum Gasteiger partial charge on any atom is -0.379 e. The molecule has 1 heterocycles. The van der Waals surface area contributed by atoms with Crippen molar-refractivity contribution in [3.8, 4) is 0 Å². The number of rotatable bonds is 22. The van der Waals surface area contributed by atoms with Crippen molar-refractivity contribution in [1.82, 2.24) is 20.0 Å². The van der Waals surface area contributed by atoms with Gasteiger partial charge < -0.3 is 24.6 Å². The number of benzene rings is 1. The second-order valence-corrected chi connectivity index (χ2v) is 16.1. The molecule has 53 heavy (non-hydrogen) atoms. The molecule has 1 aliphatic heterocycles. The van der Waals surface area contributed by atoms with E-state index in [2.05, 4.69) is 19.2 Å². The van der Waals surface area contributed by atoms with Gasteiger partial charge in [0.2, 0.25) is 17.7 Å². The van der Waals surface area contributed by atoms with Gasteiger partial charge in [0.15, 0.2) is 11.6 Å². The maximum atomic E-state index is 14.3. The van der Waals surface area contributed by atoms with Crippen molar-refractivity contribution in [2.24, 2.45) is 29.6 Å². The van der Waals surface area contributed by atoms with Crippen molar-refractivity contribution in [1.29, 1.82) is 0 Å². The summed E-state index contributed by atoms with van der Waals surface area (Å²) in [6, 6.07) is 6.44. The summed E-state index contributed by atoms with van der Waals surface area (Å²) >= 11 is 0. The Labute approximate surface area is 319 Å². The first kappa shape index (κ1) is 46.0. The Kier molecular flexibility index (Phi) is 18.8. The molecule has 0 bridgehead atoms. The molecule has 1 N–H and O–H groups in total. The van der Waals surface area contributed by atoms with Gasteiger partial charge >= 0.3 is 0 Å². The average Bonchev–Trinajstić information content (AvgIpc) is 3.59. The summed E-state index contributed by atoms with van der Waals surface area (Å²) < 4.78 is 12.0. The lowest BCUT2D eigenvalue weighted by atomic mass is 9.83. The van der Waals surface area contributed by atoms with E-state index in [1.807, 2.05) is 70.6 Å². The van der Waals surface area contributed by atoms with E-state index in [1.165, 1.54) is 6.92 Å². The number of hydrogen-bond acceptors (Lipinski definition) is 8. The van der Waals surface area contributed by atoms with Crippen molar-refractivity contribution >= 4 is 29.3 Å². The van der Waals surface area contributed by atoms with Gasteiger partial charge in [-0.15, -0.1) is 0 Å². The molecule has 1 fully saturated rings. The van der Waals surface area contributed by atoms with E-state index >= 15 is 0 Å². The van der Waals surface area contributed by atoms with Crippen LogP contribution in [0.25, 0.3) is 0 Å². The number of carbonyl (C=O) groups excluding carboxylic acids is 5. The van der Waals surface area contributed by atoms with E-state index in [4.69, 9.17) is 9.47 Å². The van der Waals surface area contributed by atoms with Crippen LogP contribution < -0.4 is 5.32 Å². The summed E-state index contributed by atoms with van der Waals surface area (Å²) in [6.45, 7) is 16.5. The maximum absolute atomic E-state index is 14.3.